The summed E-state index contributed by atoms with van der Waals surface area (Å²) in [5.41, 5.74) is 1.07. The number of halogens is 1. The second kappa shape index (κ2) is 8.89. The lowest BCUT2D eigenvalue weighted by Gasteiger charge is -2.37. The first-order chi connectivity index (χ1) is 13.4. The summed E-state index contributed by atoms with van der Waals surface area (Å²) in [5.74, 6) is -0.512. The highest BCUT2D eigenvalue weighted by molar-refractivity contribution is 7.80. The van der Waals surface area contributed by atoms with Crippen molar-refractivity contribution in [3.8, 4) is 0 Å². The second-order valence-corrected chi connectivity index (χ2v) is 7.23. The number of piperazine rings is 1. The van der Waals surface area contributed by atoms with E-state index in [1.165, 1.54) is 13.0 Å². The van der Waals surface area contributed by atoms with Crippen LogP contribution in [0.1, 0.15) is 6.92 Å². The molecule has 1 aromatic rings. The molecule has 2 heterocycles. The highest BCUT2D eigenvalue weighted by Crippen LogP contribution is 2.29. The van der Waals surface area contributed by atoms with Gasteiger partial charge in [-0.15, -0.1) is 0 Å². The molecule has 0 bridgehead atoms. The van der Waals surface area contributed by atoms with Crippen LogP contribution in [0.25, 0.3) is 0 Å². The van der Waals surface area contributed by atoms with Crippen molar-refractivity contribution in [3.63, 3.8) is 0 Å². The molecule has 0 spiro atoms. The summed E-state index contributed by atoms with van der Waals surface area (Å²) in [6, 6.07) is 4.91. The van der Waals surface area contributed by atoms with Gasteiger partial charge in [-0.1, -0.05) is 0 Å². The maximum atomic E-state index is 14.8. The van der Waals surface area contributed by atoms with Crippen molar-refractivity contribution in [2.75, 3.05) is 56.1 Å². The Balaban J connectivity index is 1.63. The highest BCUT2D eigenvalue weighted by atomic mass is 32.1. The normalized spacial score (nSPS) is 22.4. The van der Waals surface area contributed by atoms with Gasteiger partial charge in [0, 0.05) is 52.4 Å². The van der Waals surface area contributed by atoms with Crippen LogP contribution in [0, 0.1) is 5.82 Å². The van der Waals surface area contributed by atoms with E-state index in [-0.39, 0.29) is 17.8 Å². The zero-order valence-electron chi connectivity index (χ0n) is 16.0. The number of hydrogen-bond donors (Lipinski definition) is 3. The Bertz CT molecular complexity index is 729. The van der Waals surface area contributed by atoms with Gasteiger partial charge in [-0.2, -0.15) is 0 Å². The van der Waals surface area contributed by atoms with Gasteiger partial charge < -0.3 is 35.2 Å². The van der Waals surface area contributed by atoms with E-state index >= 15 is 0 Å². The zero-order valence-corrected chi connectivity index (χ0v) is 16.8. The molecule has 0 aromatic heterocycles. The van der Waals surface area contributed by atoms with Crippen molar-refractivity contribution in [3.05, 3.63) is 24.0 Å². The van der Waals surface area contributed by atoms with Crippen LogP contribution < -0.4 is 20.4 Å². The van der Waals surface area contributed by atoms with E-state index in [1.807, 2.05) is 4.90 Å². The van der Waals surface area contributed by atoms with Crippen LogP contribution >= 0.6 is 12.2 Å². The zero-order chi connectivity index (χ0) is 20.3. The third-order valence-electron chi connectivity index (χ3n) is 4.94. The van der Waals surface area contributed by atoms with E-state index < -0.39 is 6.41 Å². The fourth-order valence-electron chi connectivity index (χ4n) is 3.44. The maximum absolute atomic E-state index is 14.8. The van der Waals surface area contributed by atoms with Gasteiger partial charge in [-0.05, 0) is 30.4 Å². The summed E-state index contributed by atoms with van der Waals surface area (Å²) in [7, 11) is 1.80. The standard InChI is InChI=1S/C18H26FN5O3S/c1-12(25)21-10-14-11-24(18(26)27-14)13-3-4-16(15(19)9-13)22-5-7-23(8-6-22)17(28)20-2/h3-4,9,14,18,26H,5-8,10-11H2,1-2H3,(H,20,28)(H,21,25)/t14-,18?/m0/s1. The molecule has 2 fully saturated rings. The first-order valence-corrected chi connectivity index (χ1v) is 9.65. The second-order valence-electron chi connectivity index (χ2n) is 6.84. The van der Waals surface area contributed by atoms with Crippen molar-refractivity contribution in [2.24, 2.45) is 0 Å². The highest BCUT2D eigenvalue weighted by Gasteiger charge is 2.32. The molecule has 8 nitrogen and oxygen atoms in total. The van der Waals surface area contributed by atoms with E-state index in [9.17, 15) is 14.3 Å². The van der Waals surface area contributed by atoms with Gasteiger partial charge in [-0.3, -0.25) is 4.79 Å². The SMILES string of the molecule is CNC(=S)N1CCN(c2ccc(N3C[C@H](CNC(C)=O)OC3O)cc2F)CC1. The Morgan fingerprint density at radius 3 is 2.68 bits per heavy atom. The van der Waals surface area contributed by atoms with Gasteiger partial charge in [-0.25, -0.2) is 4.39 Å². The largest absolute Gasteiger partial charge is 0.366 e. The number of aliphatic hydroxyl groups excluding tert-OH is 1. The number of hydrogen-bond acceptors (Lipinski definition) is 6. The molecule has 2 aliphatic rings. The summed E-state index contributed by atoms with van der Waals surface area (Å²) in [6.07, 6.45) is -1.53. The molecule has 0 aliphatic carbocycles. The van der Waals surface area contributed by atoms with Crippen molar-refractivity contribution in [1.29, 1.82) is 0 Å². The van der Waals surface area contributed by atoms with Crippen LogP contribution in [0.2, 0.25) is 0 Å². The first-order valence-electron chi connectivity index (χ1n) is 9.25. The number of carbonyl (C=O) groups excluding carboxylic acids is 1. The third kappa shape index (κ3) is 4.62. The molecule has 1 aromatic carbocycles. The van der Waals surface area contributed by atoms with E-state index in [4.69, 9.17) is 17.0 Å². The molecule has 10 heteroatoms. The minimum absolute atomic E-state index is 0.164. The van der Waals surface area contributed by atoms with Gasteiger partial charge in [0.05, 0.1) is 18.3 Å². The smallest absolute Gasteiger partial charge is 0.238 e. The van der Waals surface area contributed by atoms with E-state index in [0.717, 1.165) is 13.1 Å². The molecular formula is C18H26FN5O3S. The minimum atomic E-state index is -1.17. The number of thiocarbonyl (C=S) groups is 1. The predicted molar refractivity (Wildman–Crippen MR) is 109 cm³/mol. The van der Waals surface area contributed by atoms with Gasteiger partial charge >= 0.3 is 0 Å². The molecule has 3 N–H and O–H groups in total. The summed E-state index contributed by atoms with van der Waals surface area (Å²) < 4.78 is 20.2. The van der Waals surface area contributed by atoms with E-state index in [0.29, 0.717) is 42.7 Å². The summed E-state index contributed by atoms with van der Waals surface area (Å²) >= 11 is 5.25. The predicted octanol–water partition coefficient (Wildman–Crippen LogP) is 0.0692. The molecule has 0 saturated carbocycles. The molecule has 1 unspecified atom stereocenters. The molecule has 28 heavy (non-hydrogen) atoms. The fourth-order valence-corrected chi connectivity index (χ4v) is 3.62. The average Bonchev–Trinajstić information content (AvgIpc) is 3.06. The average molecular weight is 412 g/mol. The van der Waals surface area contributed by atoms with Crippen LogP contribution in [0.15, 0.2) is 18.2 Å². The van der Waals surface area contributed by atoms with Gasteiger partial charge in [0.15, 0.2) is 5.11 Å². The number of carbonyl (C=O) groups is 1. The minimum Gasteiger partial charge on any atom is -0.366 e. The molecule has 154 valence electrons. The Morgan fingerprint density at radius 1 is 1.36 bits per heavy atom. The van der Waals surface area contributed by atoms with Crippen LogP contribution in [0.5, 0.6) is 0 Å². The molecule has 1 amide bonds. The molecule has 3 rings (SSSR count). The Morgan fingerprint density at radius 2 is 2.07 bits per heavy atom. The number of rotatable bonds is 4. The van der Waals surface area contributed by atoms with Gasteiger partial charge in [0.2, 0.25) is 12.3 Å². The number of amides is 1. The van der Waals surface area contributed by atoms with Crippen LogP contribution in [0.4, 0.5) is 15.8 Å². The van der Waals surface area contributed by atoms with Gasteiger partial charge in [0.1, 0.15) is 5.82 Å². The summed E-state index contributed by atoms with van der Waals surface area (Å²) in [6.45, 7) is 4.87. The molecular weight excluding hydrogens is 385 g/mol. The third-order valence-corrected chi connectivity index (χ3v) is 5.41. The fraction of sp³-hybridized carbons (Fsp3) is 0.556. The van der Waals surface area contributed by atoms with Crippen LogP contribution in [0.3, 0.4) is 0 Å². The lowest BCUT2D eigenvalue weighted by Crippen LogP contribution is -2.51. The number of nitrogens with zero attached hydrogens (tertiary/aromatic N) is 3. The summed E-state index contributed by atoms with van der Waals surface area (Å²) in [5, 5.41) is 16.4. The molecule has 2 aliphatic heterocycles. The van der Waals surface area contributed by atoms with Crippen molar-refractivity contribution in [1.82, 2.24) is 15.5 Å². The van der Waals surface area contributed by atoms with Crippen molar-refractivity contribution >= 4 is 34.6 Å². The monoisotopic (exact) mass is 411 g/mol. The van der Waals surface area contributed by atoms with Gasteiger partial charge in [0.25, 0.3) is 0 Å². The summed E-state index contributed by atoms with van der Waals surface area (Å²) in [4.78, 5) is 16.7. The van der Waals surface area contributed by atoms with E-state index in [1.54, 1.807) is 24.1 Å². The van der Waals surface area contributed by atoms with E-state index in [2.05, 4.69) is 15.5 Å². The Kier molecular flexibility index (Phi) is 6.53. The first kappa shape index (κ1) is 20.6. The lowest BCUT2D eigenvalue weighted by atomic mass is 10.2. The maximum Gasteiger partial charge on any atom is 0.238 e. The van der Waals surface area contributed by atoms with Crippen LogP contribution in [-0.4, -0.2) is 79.9 Å². The molecule has 2 saturated heterocycles. The number of anilines is 2. The van der Waals surface area contributed by atoms with Crippen molar-refractivity contribution < 1.29 is 19.0 Å². The molecule has 2 atom stereocenters. The number of benzene rings is 1. The number of ether oxygens (including phenoxy) is 1. The Labute approximate surface area is 169 Å². The lowest BCUT2D eigenvalue weighted by molar-refractivity contribution is -0.121. The molecule has 0 radical (unpaired) electrons. The number of aliphatic hydroxyl groups is 1. The van der Waals surface area contributed by atoms with Crippen molar-refractivity contribution in [2.45, 2.75) is 19.4 Å². The Hall–Kier alpha value is -2.17. The number of nitrogens with one attached hydrogen (secondary N) is 2. The quantitative estimate of drug-likeness (QED) is 0.601. The van der Waals surface area contributed by atoms with Crippen LogP contribution in [-0.2, 0) is 9.53 Å². The topological polar surface area (TPSA) is 80.3 Å².